The Morgan fingerprint density at radius 1 is 0.821 bits per heavy atom. The summed E-state index contributed by atoms with van der Waals surface area (Å²) in [7, 11) is 3.67. The van der Waals surface area contributed by atoms with E-state index in [1.54, 1.807) is 21.9 Å². The van der Waals surface area contributed by atoms with Crippen LogP contribution >= 0.6 is 0 Å². The van der Waals surface area contributed by atoms with Gasteiger partial charge in [-0.05, 0) is 118 Å². The second-order valence-corrected chi connectivity index (χ2v) is 21.1. The summed E-state index contributed by atoms with van der Waals surface area (Å²) in [6, 6.07) is 21.8. The van der Waals surface area contributed by atoms with E-state index in [-0.39, 0.29) is 67.4 Å². The number of aromatic nitrogens is 4. The second-order valence-electron chi connectivity index (χ2n) is 21.1. The number of H-pyrrole nitrogens is 2. The highest BCUT2D eigenvalue weighted by Crippen LogP contribution is 2.37. The number of anilines is 2. The predicted octanol–water partition coefficient (Wildman–Crippen LogP) is 6.71. The number of urea groups is 1. The SMILES string of the molecule is C=C1C[C@@H](C2OCCN2C(=O)[C@H](CCCNC(N)=O)CC(=O)[C@@H](N)C(C)C)N(C(=O)c2cc(OC)c(OCCCCCOc3ccc(-c4nc5ccc(-c6nc7ccc(N8CCN(C)CC8)cc7[nH]6)cc5[nH]4)cc3)cc2N)C1. The van der Waals surface area contributed by atoms with Gasteiger partial charge in [-0.25, -0.2) is 14.8 Å². The average Bonchev–Trinajstić information content (AvgIpc) is 4.34. The minimum absolute atomic E-state index is 0.0626. The zero-order valence-corrected chi connectivity index (χ0v) is 45.2. The van der Waals surface area contributed by atoms with Crippen molar-refractivity contribution in [2.75, 3.05) is 90.4 Å². The van der Waals surface area contributed by atoms with Gasteiger partial charge in [-0.2, -0.15) is 0 Å². The number of piperazine rings is 1. The highest BCUT2D eigenvalue weighted by atomic mass is 16.5. The molecule has 414 valence electrons. The van der Waals surface area contributed by atoms with Crippen molar-refractivity contribution in [1.82, 2.24) is 40.0 Å². The summed E-state index contributed by atoms with van der Waals surface area (Å²) in [5, 5.41) is 2.54. The first-order chi connectivity index (χ1) is 37.6. The maximum Gasteiger partial charge on any atom is 0.312 e. The van der Waals surface area contributed by atoms with Gasteiger partial charge in [0.05, 0.1) is 66.6 Å². The van der Waals surface area contributed by atoms with Crippen LogP contribution in [0.15, 0.2) is 84.9 Å². The van der Waals surface area contributed by atoms with E-state index in [1.807, 2.05) is 44.2 Å². The summed E-state index contributed by atoms with van der Waals surface area (Å²) in [5.41, 5.74) is 26.1. The molecule has 2 aromatic heterocycles. The topological polar surface area (TPSA) is 266 Å². The smallest absolute Gasteiger partial charge is 0.312 e. The van der Waals surface area contributed by atoms with Crippen molar-refractivity contribution in [1.29, 1.82) is 0 Å². The molecule has 3 saturated heterocycles. The van der Waals surface area contributed by atoms with E-state index >= 15 is 0 Å². The first-order valence-corrected chi connectivity index (χ1v) is 27.1. The molecule has 0 saturated carbocycles. The lowest BCUT2D eigenvalue weighted by molar-refractivity contribution is -0.145. The first-order valence-electron chi connectivity index (χ1n) is 27.1. The van der Waals surface area contributed by atoms with E-state index in [9.17, 15) is 19.2 Å². The molecule has 3 aliphatic heterocycles. The van der Waals surface area contributed by atoms with Crippen LogP contribution in [0.5, 0.6) is 17.2 Å². The Hall–Kier alpha value is -7.68. The number of unbranched alkanes of at least 4 members (excludes halogenated alkanes) is 2. The van der Waals surface area contributed by atoms with E-state index in [2.05, 4.69) is 69.0 Å². The van der Waals surface area contributed by atoms with Gasteiger partial charge in [0.15, 0.2) is 23.5 Å². The molecule has 1 unspecified atom stereocenters. The minimum atomic E-state index is -0.792. The number of carbonyl (C=O) groups excluding carboxylic acids is 4. The van der Waals surface area contributed by atoms with Crippen LogP contribution in [0.4, 0.5) is 16.2 Å². The Balaban J connectivity index is 0.746. The number of methoxy groups -OCH3 is 1. The van der Waals surface area contributed by atoms with Crippen LogP contribution in [0.25, 0.3) is 44.8 Å². The summed E-state index contributed by atoms with van der Waals surface area (Å²) < 4.78 is 24.1. The van der Waals surface area contributed by atoms with Crippen molar-refractivity contribution in [3.8, 4) is 40.0 Å². The fourth-order valence-corrected chi connectivity index (χ4v) is 10.5. The number of likely N-dealkylation sites (tertiary alicyclic amines) is 1. The molecular formula is C58H74N12O8. The second kappa shape index (κ2) is 24.8. The maximum absolute atomic E-state index is 14.4. The van der Waals surface area contributed by atoms with E-state index in [0.29, 0.717) is 44.0 Å². The summed E-state index contributed by atoms with van der Waals surface area (Å²) in [6.45, 7) is 14.0. The van der Waals surface area contributed by atoms with Gasteiger partial charge in [0.25, 0.3) is 5.91 Å². The third-order valence-corrected chi connectivity index (χ3v) is 15.1. The third-order valence-electron chi connectivity index (χ3n) is 15.1. The molecule has 4 amide bonds. The average molecular weight is 1070 g/mol. The molecule has 20 heteroatoms. The van der Waals surface area contributed by atoms with Crippen LogP contribution in [-0.4, -0.2) is 156 Å². The largest absolute Gasteiger partial charge is 0.494 e. The number of nitrogens with one attached hydrogen (secondary N) is 3. The van der Waals surface area contributed by atoms with Crippen molar-refractivity contribution in [2.45, 2.75) is 77.1 Å². The van der Waals surface area contributed by atoms with Crippen molar-refractivity contribution < 1.29 is 38.1 Å². The number of ketones is 1. The van der Waals surface area contributed by atoms with Crippen molar-refractivity contribution in [2.24, 2.45) is 23.3 Å². The van der Waals surface area contributed by atoms with Gasteiger partial charge in [-0.15, -0.1) is 0 Å². The number of fused-ring (bicyclic) bond motifs is 2. The van der Waals surface area contributed by atoms with Crippen LogP contribution in [0.1, 0.15) is 69.2 Å². The number of hydrogen-bond donors (Lipinski definition) is 6. The molecule has 0 aliphatic carbocycles. The number of aromatic amines is 2. The Morgan fingerprint density at radius 3 is 2.21 bits per heavy atom. The number of imidazole rings is 2. The maximum atomic E-state index is 14.4. The Kier molecular flexibility index (Phi) is 17.5. The molecule has 5 heterocycles. The highest BCUT2D eigenvalue weighted by Gasteiger charge is 2.46. The predicted molar refractivity (Wildman–Crippen MR) is 301 cm³/mol. The Bertz CT molecular complexity index is 3110. The number of amides is 4. The summed E-state index contributed by atoms with van der Waals surface area (Å²) >= 11 is 0. The molecule has 9 N–H and O–H groups in total. The van der Waals surface area contributed by atoms with E-state index in [1.165, 1.54) is 12.8 Å². The van der Waals surface area contributed by atoms with Crippen molar-refractivity contribution >= 4 is 57.1 Å². The lowest BCUT2D eigenvalue weighted by atomic mass is 9.89. The summed E-state index contributed by atoms with van der Waals surface area (Å²) in [6.07, 6.45) is 2.67. The molecule has 78 heavy (non-hydrogen) atoms. The van der Waals surface area contributed by atoms with Gasteiger partial charge in [0.1, 0.15) is 17.4 Å². The quantitative estimate of drug-likeness (QED) is 0.0221. The number of rotatable bonds is 23. The standard InChI is InChI=1S/C58H74N12O8/c1-35(2)52(60)49(71)30-39(10-9-19-62-58(61)74)55(72)69-24-27-78-57(69)48-28-36(3)34-70(48)56(73)42-32-50(75-5)51(33-43(42)59)77-26-8-6-7-25-76-41-15-11-37(12-16-41)53-63-44-17-13-38(29-46(44)65-53)54-64-45-18-14-40(31-47(45)66-54)68-22-20-67(4)21-23-68/h11-18,29,31-33,35,39,48,52,57H,3,6-10,19-28,30,34,59-60H2,1-2,4-5H3,(H,63,65)(H,64,66)(H3,61,62,74)/t39-,48+,52+,57?/m1/s1. The molecular weight excluding hydrogens is 993 g/mol. The van der Waals surface area contributed by atoms with E-state index in [0.717, 1.165) is 102 Å². The number of primary amides is 1. The van der Waals surface area contributed by atoms with Crippen molar-refractivity contribution in [3.63, 3.8) is 0 Å². The van der Waals surface area contributed by atoms with Crippen LogP contribution in [0.3, 0.4) is 0 Å². The van der Waals surface area contributed by atoms with Crippen molar-refractivity contribution in [3.05, 3.63) is 90.5 Å². The fourth-order valence-electron chi connectivity index (χ4n) is 10.5. The van der Waals surface area contributed by atoms with Gasteiger partial charge in [0, 0.05) is 86.7 Å². The monoisotopic (exact) mass is 1070 g/mol. The number of benzene rings is 4. The number of ether oxygens (including phenoxy) is 4. The summed E-state index contributed by atoms with van der Waals surface area (Å²) in [4.78, 5) is 78.1. The Labute approximate surface area is 455 Å². The van der Waals surface area contributed by atoms with Crippen LogP contribution in [0, 0.1) is 11.8 Å². The number of nitrogens with two attached hydrogens (primary N) is 3. The molecule has 9 rings (SSSR count). The number of nitrogens with zero attached hydrogens (tertiary/aromatic N) is 6. The lowest BCUT2D eigenvalue weighted by Gasteiger charge is -2.35. The van der Waals surface area contributed by atoms with Gasteiger partial charge in [0.2, 0.25) is 5.91 Å². The van der Waals surface area contributed by atoms with E-state index in [4.69, 9.17) is 46.1 Å². The molecule has 20 nitrogen and oxygen atoms in total. The molecule has 3 aliphatic rings. The number of Topliss-reactive ketones (excluding diaryl/α,β-unsaturated/α-hetero) is 1. The number of hydrogen-bond acceptors (Lipinski definition) is 14. The number of likely N-dealkylation sites (N-methyl/N-ethyl adjacent to an activating group) is 1. The van der Waals surface area contributed by atoms with Crippen LogP contribution in [0.2, 0.25) is 0 Å². The van der Waals surface area contributed by atoms with Gasteiger partial charge >= 0.3 is 6.03 Å². The first kappa shape index (κ1) is 55.1. The van der Waals surface area contributed by atoms with E-state index < -0.39 is 30.3 Å². The van der Waals surface area contributed by atoms with Gasteiger partial charge in [-0.1, -0.05) is 26.0 Å². The molecule has 0 bridgehead atoms. The van der Waals surface area contributed by atoms with Crippen LogP contribution in [-0.2, 0) is 14.3 Å². The normalized spacial score (nSPS) is 17.8. The number of nitrogen functional groups attached to an aromatic ring is 1. The zero-order chi connectivity index (χ0) is 55.0. The summed E-state index contributed by atoms with van der Waals surface area (Å²) in [5.74, 6) is 1.42. The zero-order valence-electron chi connectivity index (χ0n) is 45.2. The molecule has 6 aromatic rings. The number of carbonyl (C=O) groups is 4. The van der Waals surface area contributed by atoms with Gasteiger partial charge < -0.3 is 71.0 Å². The Morgan fingerprint density at radius 2 is 1.50 bits per heavy atom. The molecule has 4 atom stereocenters. The fraction of sp³-hybridized carbons (Fsp3) is 0.448. The van der Waals surface area contributed by atoms with Crippen LogP contribution < -0.4 is 41.6 Å². The minimum Gasteiger partial charge on any atom is -0.494 e. The lowest BCUT2D eigenvalue weighted by Crippen LogP contribution is -2.52. The third kappa shape index (κ3) is 12.8. The molecule has 0 radical (unpaired) electrons. The molecule has 0 spiro atoms. The van der Waals surface area contributed by atoms with Gasteiger partial charge in [-0.3, -0.25) is 14.4 Å². The molecule has 3 fully saturated rings. The molecule has 4 aromatic carbocycles. The highest BCUT2D eigenvalue weighted by molar-refractivity contribution is 6.01.